The summed E-state index contributed by atoms with van der Waals surface area (Å²) in [5.74, 6) is -0.497. The lowest BCUT2D eigenvalue weighted by molar-refractivity contribution is -0.143. The molecule has 0 heterocycles. The molecule has 0 bridgehead atoms. The maximum absolute atomic E-state index is 11.9. The highest BCUT2D eigenvalue weighted by molar-refractivity contribution is 5.92. The van der Waals surface area contributed by atoms with E-state index < -0.39 is 18.0 Å². The summed E-state index contributed by atoms with van der Waals surface area (Å²) in [4.78, 5) is 23.5. The van der Waals surface area contributed by atoms with Gasteiger partial charge in [0.15, 0.2) is 0 Å². The zero-order valence-electron chi connectivity index (χ0n) is 12.6. The van der Waals surface area contributed by atoms with Crippen LogP contribution in [0.1, 0.15) is 25.0 Å². The number of ether oxygens (including phenoxy) is 1. The fraction of sp³-hybridized carbons (Fsp3) is 0.467. The number of esters is 1. The van der Waals surface area contributed by atoms with Crippen LogP contribution >= 0.6 is 0 Å². The summed E-state index contributed by atoms with van der Waals surface area (Å²) in [7, 11) is 1.31. The molecule has 0 aromatic heterocycles. The Labute approximate surface area is 119 Å². The smallest absolute Gasteiger partial charge is 0.328 e. The first kappa shape index (κ1) is 16.0. The normalized spacial score (nSPS) is 11.9. The minimum atomic E-state index is -0.661. The van der Waals surface area contributed by atoms with Gasteiger partial charge in [0.05, 0.1) is 7.11 Å². The van der Waals surface area contributed by atoms with Crippen molar-refractivity contribution in [2.45, 2.75) is 33.7 Å². The third-order valence-corrected chi connectivity index (χ3v) is 2.89. The van der Waals surface area contributed by atoms with E-state index in [9.17, 15) is 9.59 Å². The van der Waals surface area contributed by atoms with Gasteiger partial charge in [0.1, 0.15) is 6.04 Å². The van der Waals surface area contributed by atoms with E-state index in [2.05, 4.69) is 15.4 Å². The molecule has 0 spiro atoms. The predicted octanol–water partition coefficient (Wildman–Crippen LogP) is 2.62. The number of rotatable bonds is 4. The molecule has 0 aliphatic carbocycles. The second-order valence-corrected chi connectivity index (χ2v) is 5.22. The molecule has 1 aromatic rings. The van der Waals surface area contributed by atoms with Crippen molar-refractivity contribution < 1.29 is 14.3 Å². The van der Waals surface area contributed by atoms with E-state index in [1.807, 2.05) is 45.9 Å². The van der Waals surface area contributed by atoms with Gasteiger partial charge in [-0.2, -0.15) is 0 Å². The largest absolute Gasteiger partial charge is 0.467 e. The lowest BCUT2D eigenvalue weighted by Gasteiger charge is -2.20. The maximum Gasteiger partial charge on any atom is 0.328 e. The summed E-state index contributed by atoms with van der Waals surface area (Å²) in [6.45, 7) is 7.61. The molecule has 0 aliphatic heterocycles. The maximum atomic E-state index is 11.9. The molecule has 1 aromatic carbocycles. The number of carbonyl (C=O) groups excluding carboxylic acids is 2. The van der Waals surface area contributed by atoms with Crippen molar-refractivity contribution in [2.24, 2.45) is 5.92 Å². The van der Waals surface area contributed by atoms with Crippen molar-refractivity contribution in [3.8, 4) is 0 Å². The lowest BCUT2D eigenvalue weighted by Crippen LogP contribution is -2.46. The molecule has 0 aliphatic rings. The first-order valence-corrected chi connectivity index (χ1v) is 6.57. The van der Waals surface area contributed by atoms with E-state index in [0.29, 0.717) is 5.69 Å². The van der Waals surface area contributed by atoms with Gasteiger partial charge < -0.3 is 15.4 Å². The average molecular weight is 278 g/mol. The van der Waals surface area contributed by atoms with E-state index in [1.165, 1.54) is 7.11 Å². The topological polar surface area (TPSA) is 67.4 Å². The van der Waals surface area contributed by atoms with Gasteiger partial charge in [0.25, 0.3) is 0 Å². The minimum Gasteiger partial charge on any atom is -0.467 e. The first-order valence-electron chi connectivity index (χ1n) is 6.57. The standard InChI is InChI=1S/C15H22N2O3/c1-9(2)13(14(18)20-5)17-15(19)16-12-7-10(3)6-11(4)8-12/h6-9,13H,1-5H3,(H2,16,17,19)/t13-/m1/s1. The second kappa shape index (κ2) is 6.93. The number of hydrogen-bond donors (Lipinski definition) is 2. The van der Waals surface area contributed by atoms with Gasteiger partial charge in [0.2, 0.25) is 0 Å². The lowest BCUT2D eigenvalue weighted by atomic mass is 10.1. The number of aryl methyl sites for hydroxylation is 2. The Hall–Kier alpha value is -2.04. The van der Waals surface area contributed by atoms with Crippen LogP contribution in [0.25, 0.3) is 0 Å². The van der Waals surface area contributed by atoms with Crippen LogP contribution in [-0.2, 0) is 9.53 Å². The molecule has 110 valence electrons. The van der Waals surface area contributed by atoms with Gasteiger partial charge in [-0.1, -0.05) is 19.9 Å². The van der Waals surface area contributed by atoms with Gasteiger partial charge in [-0.25, -0.2) is 9.59 Å². The van der Waals surface area contributed by atoms with Gasteiger partial charge in [-0.15, -0.1) is 0 Å². The number of benzene rings is 1. The number of methoxy groups -OCH3 is 1. The Morgan fingerprint density at radius 1 is 1.10 bits per heavy atom. The second-order valence-electron chi connectivity index (χ2n) is 5.22. The van der Waals surface area contributed by atoms with Gasteiger partial charge >= 0.3 is 12.0 Å². The molecular weight excluding hydrogens is 256 g/mol. The molecule has 20 heavy (non-hydrogen) atoms. The zero-order chi connectivity index (χ0) is 15.3. The van der Waals surface area contributed by atoms with E-state index >= 15 is 0 Å². The van der Waals surface area contributed by atoms with Gasteiger partial charge in [0, 0.05) is 5.69 Å². The zero-order valence-corrected chi connectivity index (χ0v) is 12.6. The van der Waals surface area contributed by atoms with E-state index in [-0.39, 0.29) is 5.92 Å². The van der Waals surface area contributed by atoms with Crippen molar-refractivity contribution in [3.63, 3.8) is 0 Å². The Morgan fingerprint density at radius 3 is 2.10 bits per heavy atom. The molecule has 0 saturated carbocycles. The summed E-state index contributed by atoms with van der Waals surface area (Å²) in [6.07, 6.45) is 0. The SMILES string of the molecule is COC(=O)[C@H](NC(=O)Nc1cc(C)cc(C)c1)C(C)C. The number of hydrogen-bond acceptors (Lipinski definition) is 3. The summed E-state index contributed by atoms with van der Waals surface area (Å²) < 4.78 is 4.68. The van der Waals surface area contributed by atoms with Gasteiger partial charge in [-0.3, -0.25) is 0 Å². The Kier molecular flexibility index (Phi) is 5.55. The fourth-order valence-corrected chi connectivity index (χ4v) is 1.98. The molecule has 0 saturated heterocycles. The number of amides is 2. The number of nitrogens with one attached hydrogen (secondary N) is 2. The Balaban J connectivity index is 2.73. The summed E-state index contributed by atoms with van der Waals surface area (Å²) in [6, 6.07) is 4.68. The Bertz CT molecular complexity index is 478. The molecule has 0 fully saturated rings. The van der Waals surface area contributed by atoms with Crippen LogP contribution in [0, 0.1) is 19.8 Å². The van der Waals surface area contributed by atoms with Crippen molar-refractivity contribution >= 4 is 17.7 Å². The summed E-state index contributed by atoms with van der Waals surface area (Å²) >= 11 is 0. The minimum absolute atomic E-state index is 0.0487. The van der Waals surface area contributed by atoms with E-state index in [0.717, 1.165) is 11.1 Å². The third kappa shape index (κ3) is 4.57. The number of anilines is 1. The quantitative estimate of drug-likeness (QED) is 0.832. The predicted molar refractivity (Wildman–Crippen MR) is 78.7 cm³/mol. The van der Waals surface area contributed by atoms with E-state index in [4.69, 9.17) is 0 Å². The molecular formula is C15H22N2O3. The monoisotopic (exact) mass is 278 g/mol. The highest BCUT2D eigenvalue weighted by Gasteiger charge is 2.24. The molecule has 2 amide bonds. The van der Waals surface area contributed by atoms with Gasteiger partial charge in [-0.05, 0) is 43.0 Å². The fourth-order valence-electron chi connectivity index (χ4n) is 1.98. The summed E-state index contributed by atoms with van der Waals surface area (Å²) in [5.41, 5.74) is 2.83. The van der Waals surface area contributed by atoms with E-state index in [1.54, 1.807) is 0 Å². The van der Waals surface area contributed by atoms with Crippen molar-refractivity contribution in [3.05, 3.63) is 29.3 Å². The molecule has 1 atom stereocenters. The first-order chi connectivity index (χ1) is 9.33. The van der Waals surface area contributed by atoms with Crippen LogP contribution in [0.15, 0.2) is 18.2 Å². The highest BCUT2D eigenvalue weighted by atomic mass is 16.5. The number of carbonyl (C=O) groups is 2. The third-order valence-electron chi connectivity index (χ3n) is 2.89. The average Bonchev–Trinajstić information content (AvgIpc) is 2.33. The van der Waals surface area contributed by atoms with Crippen LogP contribution in [0.4, 0.5) is 10.5 Å². The van der Waals surface area contributed by atoms with Crippen LogP contribution in [0.2, 0.25) is 0 Å². The molecule has 0 radical (unpaired) electrons. The molecule has 5 heteroatoms. The number of urea groups is 1. The summed E-state index contributed by atoms with van der Waals surface area (Å²) in [5, 5.41) is 5.36. The van der Waals surface area contributed by atoms with Crippen molar-refractivity contribution in [1.82, 2.24) is 5.32 Å². The van der Waals surface area contributed by atoms with Crippen LogP contribution < -0.4 is 10.6 Å². The Morgan fingerprint density at radius 2 is 1.65 bits per heavy atom. The molecule has 2 N–H and O–H groups in total. The highest BCUT2D eigenvalue weighted by Crippen LogP contribution is 2.14. The molecule has 1 rings (SSSR count). The molecule has 0 unspecified atom stereocenters. The van der Waals surface area contributed by atoms with Crippen LogP contribution in [0.3, 0.4) is 0 Å². The van der Waals surface area contributed by atoms with Crippen LogP contribution in [-0.4, -0.2) is 25.2 Å². The van der Waals surface area contributed by atoms with Crippen molar-refractivity contribution in [1.29, 1.82) is 0 Å². The molecule has 5 nitrogen and oxygen atoms in total. The van der Waals surface area contributed by atoms with Crippen molar-refractivity contribution in [2.75, 3.05) is 12.4 Å². The van der Waals surface area contributed by atoms with Crippen LogP contribution in [0.5, 0.6) is 0 Å².